The molecule has 0 bridgehead atoms. The van der Waals surface area contributed by atoms with Gasteiger partial charge in [-0.3, -0.25) is 4.79 Å². The first-order valence-corrected chi connectivity index (χ1v) is 6.17. The molecule has 0 aromatic heterocycles. The molecular formula is C13H24N2O2. The average Bonchev–Trinajstić information content (AvgIpc) is 2.22. The van der Waals surface area contributed by atoms with Crippen molar-refractivity contribution in [1.29, 1.82) is 5.26 Å². The van der Waals surface area contributed by atoms with Gasteiger partial charge in [0.2, 0.25) is 0 Å². The molecule has 0 aliphatic carbocycles. The van der Waals surface area contributed by atoms with Crippen LogP contribution in [0.5, 0.6) is 0 Å². The molecule has 0 aliphatic heterocycles. The van der Waals surface area contributed by atoms with E-state index in [9.17, 15) is 4.79 Å². The Morgan fingerprint density at radius 1 is 1.41 bits per heavy atom. The fourth-order valence-electron chi connectivity index (χ4n) is 1.61. The molecule has 0 aromatic rings. The fourth-order valence-corrected chi connectivity index (χ4v) is 1.61. The van der Waals surface area contributed by atoms with Crippen molar-refractivity contribution >= 4 is 5.97 Å². The summed E-state index contributed by atoms with van der Waals surface area (Å²) >= 11 is 0. The van der Waals surface area contributed by atoms with E-state index in [4.69, 9.17) is 10.4 Å². The van der Waals surface area contributed by atoms with Gasteiger partial charge in [-0.05, 0) is 39.2 Å². The van der Waals surface area contributed by atoms with E-state index in [1.807, 2.05) is 27.7 Å². The van der Waals surface area contributed by atoms with Crippen LogP contribution >= 0.6 is 0 Å². The van der Waals surface area contributed by atoms with Crippen LogP contribution in [0.25, 0.3) is 0 Å². The summed E-state index contributed by atoms with van der Waals surface area (Å²) in [4.78, 5) is 10.9. The highest BCUT2D eigenvalue weighted by Gasteiger charge is 2.20. The van der Waals surface area contributed by atoms with E-state index in [-0.39, 0.29) is 11.3 Å². The van der Waals surface area contributed by atoms with Crippen LogP contribution in [0.15, 0.2) is 0 Å². The molecule has 0 rings (SSSR count). The van der Waals surface area contributed by atoms with Crippen molar-refractivity contribution in [3.63, 3.8) is 0 Å². The lowest BCUT2D eigenvalue weighted by Crippen LogP contribution is -2.41. The van der Waals surface area contributed by atoms with Gasteiger partial charge in [-0.25, -0.2) is 0 Å². The molecule has 2 N–H and O–H groups in total. The smallest absolute Gasteiger partial charge is 0.320 e. The molecule has 0 saturated heterocycles. The van der Waals surface area contributed by atoms with Gasteiger partial charge in [0.25, 0.3) is 0 Å². The molecular weight excluding hydrogens is 216 g/mol. The second-order valence-corrected chi connectivity index (χ2v) is 5.47. The Labute approximate surface area is 104 Å². The number of hydrogen-bond acceptors (Lipinski definition) is 3. The summed E-state index contributed by atoms with van der Waals surface area (Å²) in [5, 5.41) is 20.8. The molecule has 1 unspecified atom stereocenters. The third-order valence-electron chi connectivity index (χ3n) is 2.83. The molecule has 0 heterocycles. The highest BCUT2D eigenvalue weighted by Crippen LogP contribution is 2.21. The number of carboxylic acid groups (broad SMARTS) is 1. The SMILES string of the molecule is CC(C)C(NCCCCC(C)(C)C#N)C(=O)O. The van der Waals surface area contributed by atoms with Crippen molar-refractivity contribution in [3.8, 4) is 6.07 Å². The molecule has 4 nitrogen and oxygen atoms in total. The Kier molecular flexibility index (Phi) is 6.82. The number of carbonyl (C=O) groups is 1. The lowest BCUT2D eigenvalue weighted by Gasteiger charge is -2.18. The van der Waals surface area contributed by atoms with Crippen molar-refractivity contribution in [1.82, 2.24) is 5.32 Å². The van der Waals surface area contributed by atoms with E-state index in [1.165, 1.54) is 0 Å². The molecule has 0 amide bonds. The van der Waals surface area contributed by atoms with E-state index in [1.54, 1.807) is 0 Å². The molecule has 0 fully saturated rings. The van der Waals surface area contributed by atoms with E-state index < -0.39 is 12.0 Å². The van der Waals surface area contributed by atoms with Gasteiger partial charge in [-0.1, -0.05) is 20.3 Å². The first-order chi connectivity index (χ1) is 7.80. The fraction of sp³-hybridized carbons (Fsp3) is 0.846. The molecule has 0 aromatic carbocycles. The minimum Gasteiger partial charge on any atom is -0.480 e. The van der Waals surface area contributed by atoms with Crippen LogP contribution < -0.4 is 5.32 Å². The van der Waals surface area contributed by atoms with Crippen molar-refractivity contribution < 1.29 is 9.90 Å². The van der Waals surface area contributed by atoms with Gasteiger partial charge in [-0.15, -0.1) is 0 Å². The van der Waals surface area contributed by atoms with E-state index in [2.05, 4.69) is 11.4 Å². The number of nitrogens with one attached hydrogen (secondary N) is 1. The van der Waals surface area contributed by atoms with Crippen molar-refractivity contribution in [2.45, 2.75) is 53.0 Å². The van der Waals surface area contributed by atoms with Crippen LogP contribution in [0.1, 0.15) is 47.0 Å². The van der Waals surface area contributed by atoms with Gasteiger partial charge >= 0.3 is 5.97 Å². The van der Waals surface area contributed by atoms with Gasteiger partial charge in [0.05, 0.1) is 11.5 Å². The summed E-state index contributed by atoms with van der Waals surface area (Å²) in [7, 11) is 0. The number of rotatable bonds is 8. The quantitative estimate of drug-likeness (QED) is 0.639. The van der Waals surface area contributed by atoms with Crippen LogP contribution in [-0.4, -0.2) is 23.7 Å². The number of aliphatic carboxylic acids is 1. The first-order valence-electron chi connectivity index (χ1n) is 6.17. The molecule has 98 valence electrons. The molecule has 0 radical (unpaired) electrons. The topological polar surface area (TPSA) is 73.1 Å². The predicted octanol–water partition coefficient (Wildman–Crippen LogP) is 2.41. The maximum atomic E-state index is 10.9. The summed E-state index contributed by atoms with van der Waals surface area (Å²) in [6, 6.07) is 1.79. The Morgan fingerprint density at radius 2 is 2.00 bits per heavy atom. The van der Waals surface area contributed by atoms with Crippen LogP contribution in [0.4, 0.5) is 0 Å². The number of nitrogens with zero attached hydrogens (tertiary/aromatic N) is 1. The van der Waals surface area contributed by atoms with Crippen LogP contribution in [0, 0.1) is 22.7 Å². The molecule has 4 heteroatoms. The zero-order valence-corrected chi connectivity index (χ0v) is 11.3. The highest BCUT2D eigenvalue weighted by atomic mass is 16.4. The van der Waals surface area contributed by atoms with Gasteiger partial charge in [0.1, 0.15) is 6.04 Å². The van der Waals surface area contributed by atoms with Crippen molar-refractivity contribution in [3.05, 3.63) is 0 Å². The largest absolute Gasteiger partial charge is 0.480 e. The second-order valence-electron chi connectivity index (χ2n) is 5.47. The predicted molar refractivity (Wildman–Crippen MR) is 67.5 cm³/mol. The van der Waals surface area contributed by atoms with Crippen LogP contribution in [0.2, 0.25) is 0 Å². The van der Waals surface area contributed by atoms with Crippen LogP contribution in [-0.2, 0) is 4.79 Å². The maximum absolute atomic E-state index is 10.9. The Bertz CT molecular complexity index is 280. The standard InChI is InChI=1S/C13H24N2O2/c1-10(2)11(12(16)17)15-8-6-5-7-13(3,4)9-14/h10-11,15H,5-8H2,1-4H3,(H,16,17). The lowest BCUT2D eigenvalue weighted by atomic mass is 9.89. The third kappa shape index (κ3) is 6.96. The molecule has 0 spiro atoms. The maximum Gasteiger partial charge on any atom is 0.320 e. The molecule has 0 saturated carbocycles. The molecule has 0 aliphatic rings. The molecule has 1 atom stereocenters. The van der Waals surface area contributed by atoms with Crippen molar-refractivity contribution in [2.75, 3.05) is 6.54 Å². The second kappa shape index (κ2) is 7.29. The number of nitriles is 1. The summed E-state index contributed by atoms with van der Waals surface area (Å²) < 4.78 is 0. The summed E-state index contributed by atoms with van der Waals surface area (Å²) in [5.41, 5.74) is -0.274. The number of hydrogen-bond donors (Lipinski definition) is 2. The Morgan fingerprint density at radius 3 is 2.41 bits per heavy atom. The highest BCUT2D eigenvalue weighted by molar-refractivity contribution is 5.73. The lowest BCUT2D eigenvalue weighted by molar-refractivity contribution is -0.140. The minimum atomic E-state index is -0.794. The number of unbranched alkanes of at least 4 members (excludes halogenated alkanes) is 1. The zero-order chi connectivity index (χ0) is 13.5. The first kappa shape index (κ1) is 15.9. The number of carboxylic acids is 1. The summed E-state index contributed by atoms with van der Waals surface area (Å²) in [5.74, 6) is -0.708. The summed E-state index contributed by atoms with van der Waals surface area (Å²) in [6.45, 7) is 8.33. The van der Waals surface area contributed by atoms with Gasteiger partial charge in [-0.2, -0.15) is 5.26 Å². The van der Waals surface area contributed by atoms with Gasteiger partial charge in [0, 0.05) is 0 Å². The van der Waals surface area contributed by atoms with Gasteiger partial charge < -0.3 is 10.4 Å². The van der Waals surface area contributed by atoms with Gasteiger partial charge in [0.15, 0.2) is 0 Å². The average molecular weight is 240 g/mol. The monoisotopic (exact) mass is 240 g/mol. The Hall–Kier alpha value is -1.08. The van der Waals surface area contributed by atoms with E-state index in [0.717, 1.165) is 19.3 Å². The normalized spacial score (nSPS) is 13.4. The minimum absolute atomic E-state index is 0.0862. The van der Waals surface area contributed by atoms with Crippen molar-refractivity contribution in [2.24, 2.45) is 11.3 Å². The van der Waals surface area contributed by atoms with Crippen LogP contribution in [0.3, 0.4) is 0 Å². The van der Waals surface area contributed by atoms with E-state index in [0.29, 0.717) is 6.54 Å². The Balaban J connectivity index is 3.78. The van der Waals surface area contributed by atoms with E-state index >= 15 is 0 Å². The zero-order valence-electron chi connectivity index (χ0n) is 11.3. The summed E-state index contributed by atoms with van der Waals surface area (Å²) in [6.07, 6.45) is 2.70. The third-order valence-corrected chi connectivity index (χ3v) is 2.83. The molecule has 17 heavy (non-hydrogen) atoms.